The molecular formula is C20H21F2N3O3S2. The van der Waals surface area contributed by atoms with E-state index >= 15 is 0 Å². The third-order valence-corrected chi connectivity index (χ3v) is 7.17. The van der Waals surface area contributed by atoms with Crippen molar-refractivity contribution in [1.29, 1.82) is 0 Å². The highest BCUT2D eigenvalue weighted by atomic mass is 32.2. The summed E-state index contributed by atoms with van der Waals surface area (Å²) in [5, 5.41) is 0.390. The maximum Gasteiger partial charge on any atom is 0.229 e. The molecule has 3 aromatic rings. The summed E-state index contributed by atoms with van der Waals surface area (Å²) in [6.45, 7) is 0.853. The molecule has 10 heteroatoms. The van der Waals surface area contributed by atoms with E-state index in [0.717, 1.165) is 12.1 Å². The molecule has 1 heterocycles. The van der Waals surface area contributed by atoms with Gasteiger partial charge in [-0.1, -0.05) is 11.3 Å². The number of carbonyl (C=O) groups is 1. The second-order valence-corrected chi connectivity index (χ2v) is 10.1. The second kappa shape index (κ2) is 9.15. The number of thiazole rings is 1. The van der Waals surface area contributed by atoms with Crippen molar-refractivity contribution in [1.82, 2.24) is 9.88 Å². The van der Waals surface area contributed by atoms with Crippen LogP contribution in [0.25, 0.3) is 10.2 Å². The normalized spacial score (nSPS) is 11.9. The first-order valence-corrected chi connectivity index (χ1v) is 11.6. The largest absolute Gasteiger partial charge is 0.308 e. The predicted octanol–water partition coefficient (Wildman–Crippen LogP) is 3.33. The predicted molar refractivity (Wildman–Crippen MR) is 114 cm³/mol. The molecule has 1 aromatic heterocycles. The van der Waals surface area contributed by atoms with Crippen LogP contribution in [-0.4, -0.2) is 57.1 Å². The van der Waals surface area contributed by atoms with E-state index in [-0.39, 0.29) is 11.3 Å². The number of benzene rings is 2. The fourth-order valence-electron chi connectivity index (χ4n) is 2.75. The third-order valence-electron chi connectivity index (χ3n) is 4.40. The molecule has 0 N–H and O–H groups in total. The Labute approximate surface area is 177 Å². The van der Waals surface area contributed by atoms with E-state index in [1.165, 1.54) is 46.6 Å². The Balaban J connectivity index is 1.80. The molecule has 0 fully saturated rings. The molecule has 0 spiro atoms. The third kappa shape index (κ3) is 5.38. The van der Waals surface area contributed by atoms with Gasteiger partial charge in [-0.25, -0.2) is 22.2 Å². The van der Waals surface area contributed by atoms with Crippen molar-refractivity contribution >= 4 is 42.4 Å². The summed E-state index contributed by atoms with van der Waals surface area (Å²) in [5.74, 6) is -1.74. The first-order chi connectivity index (χ1) is 14.2. The molecule has 6 nitrogen and oxygen atoms in total. The number of anilines is 1. The standard InChI is InChI=1S/C20H21F2N3O3S2/c1-24(2)10-11-25(20-23-17-8-5-15(22)13-18(17)29-20)19(26)9-12-30(27,28)16-6-3-14(21)4-7-16/h3-8,13H,9-12H2,1-2H3. The van der Waals surface area contributed by atoms with Crippen LogP contribution in [0.1, 0.15) is 6.42 Å². The van der Waals surface area contributed by atoms with E-state index in [1.54, 1.807) is 0 Å². The molecule has 160 valence electrons. The minimum atomic E-state index is -3.74. The van der Waals surface area contributed by atoms with Crippen LogP contribution in [0.4, 0.5) is 13.9 Å². The summed E-state index contributed by atoms with van der Waals surface area (Å²) in [6.07, 6.45) is -0.253. The van der Waals surface area contributed by atoms with Gasteiger partial charge < -0.3 is 4.90 Å². The van der Waals surface area contributed by atoms with Gasteiger partial charge in [-0.2, -0.15) is 0 Å². The monoisotopic (exact) mass is 453 g/mol. The van der Waals surface area contributed by atoms with Crippen molar-refractivity contribution in [3.63, 3.8) is 0 Å². The number of carbonyl (C=O) groups excluding carboxylic acids is 1. The van der Waals surface area contributed by atoms with Crippen LogP contribution in [0, 0.1) is 11.6 Å². The molecule has 0 unspecified atom stereocenters. The molecule has 0 bridgehead atoms. The Bertz CT molecular complexity index is 1150. The van der Waals surface area contributed by atoms with Gasteiger partial charge in [0.1, 0.15) is 11.6 Å². The quantitative estimate of drug-likeness (QED) is 0.490. The zero-order chi connectivity index (χ0) is 21.9. The fourth-order valence-corrected chi connectivity index (χ4v) is 5.01. The molecular weight excluding hydrogens is 432 g/mol. The molecule has 0 saturated heterocycles. The molecule has 0 saturated carbocycles. The number of rotatable bonds is 8. The van der Waals surface area contributed by atoms with E-state index < -0.39 is 33.1 Å². The lowest BCUT2D eigenvalue weighted by molar-refractivity contribution is -0.118. The van der Waals surface area contributed by atoms with Gasteiger partial charge in [0.15, 0.2) is 15.0 Å². The van der Waals surface area contributed by atoms with Crippen LogP contribution in [0.15, 0.2) is 47.4 Å². The molecule has 30 heavy (non-hydrogen) atoms. The average Bonchev–Trinajstić information content (AvgIpc) is 3.09. The summed E-state index contributed by atoms with van der Waals surface area (Å²) in [6, 6.07) is 8.69. The van der Waals surface area contributed by atoms with E-state index in [0.29, 0.717) is 28.4 Å². The minimum absolute atomic E-state index is 0.0352. The van der Waals surface area contributed by atoms with Crippen molar-refractivity contribution in [2.45, 2.75) is 11.3 Å². The van der Waals surface area contributed by atoms with Crippen molar-refractivity contribution in [3.8, 4) is 0 Å². The Morgan fingerprint density at radius 2 is 1.70 bits per heavy atom. The van der Waals surface area contributed by atoms with Crippen molar-refractivity contribution < 1.29 is 22.0 Å². The van der Waals surface area contributed by atoms with Crippen LogP contribution >= 0.6 is 11.3 Å². The number of hydrogen-bond donors (Lipinski definition) is 0. The molecule has 0 aliphatic carbocycles. The summed E-state index contributed by atoms with van der Waals surface area (Å²) >= 11 is 1.18. The number of sulfone groups is 1. The van der Waals surface area contributed by atoms with Crippen LogP contribution in [0.5, 0.6) is 0 Å². The van der Waals surface area contributed by atoms with Crippen molar-refractivity contribution in [2.24, 2.45) is 0 Å². The molecule has 0 aliphatic rings. The second-order valence-electron chi connectivity index (χ2n) is 6.98. The van der Waals surface area contributed by atoms with Gasteiger partial charge in [0.2, 0.25) is 5.91 Å². The number of halogens is 2. The highest BCUT2D eigenvalue weighted by Gasteiger charge is 2.23. The van der Waals surface area contributed by atoms with Crippen LogP contribution in [-0.2, 0) is 14.6 Å². The Kier molecular flexibility index (Phi) is 6.79. The number of aromatic nitrogens is 1. The fraction of sp³-hybridized carbons (Fsp3) is 0.300. The lowest BCUT2D eigenvalue weighted by atomic mass is 10.3. The molecule has 3 rings (SSSR count). The maximum atomic E-state index is 13.5. The number of amides is 1. The lowest BCUT2D eigenvalue weighted by Crippen LogP contribution is -2.37. The zero-order valence-corrected chi connectivity index (χ0v) is 18.1. The molecule has 0 radical (unpaired) electrons. The number of nitrogens with zero attached hydrogens (tertiary/aromatic N) is 3. The Hall–Kier alpha value is -2.43. The molecule has 0 aliphatic heterocycles. The van der Waals surface area contributed by atoms with E-state index in [1.807, 2.05) is 19.0 Å². The summed E-state index contributed by atoms with van der Waals surface area (Å²) in [4.78, 5) is 20.6. The van der Waals surface area contributed by atoms with Crippen LogP contribution in [0.3, 0.4) is 0 Å². The maximum absolute atomic E-state index is 13.5. The van der Waals surface area contributed by atoms with Crippen molar-refractivity contribution in [3.05, 3.63) is 54.1 Å². The first kappa shape index (κ1) is 22.3. The zero-order valence-electron chi connectivity index (χ0n) is 16.5. The summed E-state index contributed by atoms with van der Waals surface area (Å²) in [5.41, 5.74) is 0.568. The smallest absolute Gasteiger partial charge is 0.229 e. The lowest BCUT2D eigenvalue weighted by Gasteiger charge is -2.22. The highest BCUT2D eigenvalue weighted by Crippen LogP contribution is 2.30. The SMILES string of the molecule is CN(C)CCN(C(=O)CCS(=O)(=O)c1ccc(F)cc1)c1nc2ccc(F)cc2s1. The van der Waals surface area contributed by atoms with Gasteiger partial charge in [0.25, 0.3) is 0 Å². The topological polar surface area (TPSA) is 70.6 Å². The first-order valence-electron chi connectivity index (χ1n) is 9.15. The van der Waals surface area contributed by atoms with Gasteiger partial charge >= 0.3 is 0 Å². The van der Waals surface area contributed by atoms with Crippen LogP contribution < -0.4 is 4.90 Å². The summed E-state index contributed by atoms with van der Waals surface area (Å²) in [7, 11) is -0.0275. The van der Waals surface area contributed by atoms with Gasteiger partial charge in [0, 0.05) is 19.5 Å². The van der Waals surface area contributed by atoms with Gasteiger partial charge in [-0.15, -0.1) is 0 Å². The van der Waals surface area contributed by atoms with Gasteiger partial charge in [-0.05, 0) is 56.6 Å². The highest BCUT2D eigenvalue weighted by molar-refractivity contribution is 7.91. The number of hydrogen-bond acceptors (Lipinski definition) is 6. The van der Waals surface area contributed by atoms with Gasteiger partial charge in [0.05, 0.1) is 20.9 Å². The Morgan fingerprint density at radius 3 is 2.37 bits per heavy atom. The van der Waals surface area contributed by atoms with Gasteiger partial charge in [-0.3, -0.25) is 9.69 Å². The molecule has 1 amide bonds. The van der Waals surface area contributed by atoms with E-state index in [9.17, 15) is 22.0 Å². The molecule has 2 aromatic carbocycles. The Morgan fingerprint density at radius 1 is 1.03 bits per heavy atom. The number of fused-ring (bicyclic) bond motifs is 1. The van der Waals surface area contributed by atoms with E-state index in [2.05, 4.69) is 4.98 Å². The number of likely N-dealkylation sites (N-methyl/N-ethyl adjacent to an activating group) is 1. The van der Waals surface area contributed by atoms with Crippen molar-refractivity contribution in [2.75, 3.05) is 37.8 Å². The van der Waals surface area contributed by atoms with Crippen LogP contribution in [0.2, 0.25) is 0 Å². The van der Waals surface area contributed by atoms with E-state index in [4.69, 9.17) is 0 Å². The minimum Gasteiger partial charge on any atom is -0.308 e. The molecule has 0 atom stereocenters. The summed E-state index contributed by atoms with van der Waals surface area (Å²) < 4.78 is 52.1. The average molecular weight is 454 g/mol.